The lowest BCUT2D eigenvalue weighted by atomic mass is 10.1. The van der Waals surface area contributed by atoms with E-state index in [-0.39, 0.29) is 41.4 Å². The fourth-order valence-electron chi connectivity index (χ4n) is 4.07. The molecule has 3 heterocycles. The molecular weight excluding hydrogens is 428 g/mol. The Morgan fingerprint density at radius 3 is 2.48 bits per heavy atom. The first kappa shape index (κ1) is 22.8. The molecule has 9 heteroatoms. The van der Waals surface area contributed by atoms with Crippen LogP contribution < -0.4 is 9.64 Å². The van der Waals surface area contributed by atoms with E-state index in [1.165, 1.54) is 0 Å². The average Bonchev–Trinajstić information content (AvgIpc) is 3.28. The molecule has 0 N–H and O–H groups in total. The van der Waals surface area contributed by atoms with Gasteiger partial charge in [-0.2, -0.15) is 0 Å². The van der Waals surface area contributed by atoms with Crippen molar-refractivity contribution in [3.8, 4) is 5.88 Å². The largest absolute Gasteiger partial charge is 0.470 e. The van der Waals surface area contributed by atoms with E-state index in [2.05, 4.69) is 15.0 Å². The predicted molar refractivity (Wildman–Crippen MR) is 121 cm³/mol. The zero-order valence-electron chi connectivity index (χ0n) is 19.0. The summed E-state index contributed by atoms with van der Waals surface area (Å²) in [7, 11) is 0. The summed E-state index contributed by atoms with van der Waals surface area (Å²) in [6, 6.07) is 5.74. The zero-order valence-corrected chi connectivity index (χ0v) is 19.0. The molecule has 1 aliphatic rings. The lowest BCUT2D eigenvalue weighted by Crippen LogP contribution is -2.43. The number of fused-ring (bicyclic) bond motifs is 1. The number of aromatic nitrogens is 3. The molecule has 1 aromatic carbocycles. The fraction of sp³-hybridized carbons (Fsp3) is 0.417. The van der Waals surface area contributed by atoms with Crippen LogP contribution in [0.4, 0.5) is 14.6 Å². The van der Waals surface area contributed by atoms with E-state index in [0.717, 1.165) is 24.1 Å². The second-order valence-corrected chi connectivity index (χ2v) is 8.42. The molecule has 1 amide bonds. The van der Waals surface area contributed by atoms with E-state index in [4.69, 9.17) is 4.74 Å². The van der Waals surface area contributed by atoms with Crippen molar-refractivity contribution in [3.63, 3.8) is 0 Å². The number of likely N-dealkylation sites (N-methyl/N-ethyl adjacent to an activating group) is 1. The first-order valence-corrected chi connectivity index (χ1v) is 11.1. The molecule has 7 nitrogen and oxygen atoms in total. The minimum atomic E-state index is -0.989. The van der Waals surface area contributed by atoms with Gasteiger partial charge in [-0.1, -0.05) is 13.8 Å². The SMILES string of the molecule is CCN(C(=O)C(C)C)[C@H]1CCN(c2nc3cc(F)c(F)cc3nc2OCc2ccncc2)C1. The van der Waals surface area contributed by atoms with Gasteiger partial charge in [-0.25, -0.2) is 18.7 Å². The molecule has 1 aliphatic heterocycles. The Balaban J connectivity index is 1.66. The van der Waals surface area contributed by atoms with Crippen molar-refractivity contribution in [1.82, 2.24) is 19.9 Å². The van der Waals surface area contributed by atoms with E-state index in [1.54, 1.807) is 12.4 Å². The van der Waals surface area contributed by atoms with Gasteiger partial charge in [0.25, 0.3) is 5.88 Å². The zero-order chi connectivity index (χ0) is 23.5. The third kappa shape index (κ3) is 4.86. The number of hydrogen-bond acceptors (Lipinski definition) is 6. The summed E-state index contributed by atoms with van der Waals surface area (Å²) in [5.74, 6) is -1.25. The molecule has 0 spiro atoms. The van der Waals surface area contributed by atoms with Gasteiger partial charge in [0.15, 0.2) is 17.5 Å². The fourth-order valence-corrected chi connectivity index (χ4v) is 4.07. The highest BCUT2D eigenvalue weighted by molar-refractivity contribution is 5.79. The minimum Gasteiger partial charge on any atom is -0.470 e. The van der Waals surface area contributed by atoms with Gasteiger partial charge in [0, 0.05) is 50.1 Å². The number of hydrogen-bond donors (Lipinski definition) is 0. The number of amides is 1. The second-order valence-electron chi connectivity index (χ2n) is 8.42. The van der Waals surface area contributed by atoms with Gasteiger partial charge in [-0.15, -0.1) is 0 Å². The molecule has 0 aliphatic carbocycles. The highest BCUT2D eigenvalue weighted by Crippen LogP contribution is 2.32. The molecule has 174 valence electrons. The number of anilines is 1. The van der Waals surface area contributed by atoms with Gasteiger partial charge in [-0.05, 0) is 31.0 Å². The lowest BCUT2D eigenvalue weighted by molar-refractivity contribution is -0.136. The number of halogens is 2. The Bertz CT molecular complexity index is 1140. The van der Waals surface area contributed by atoms with E-state index < -0.39 is 11.6 Å². The third-order valence-corrected chi connectivity index (χ3v) is 5.80. The standard InChI is InChI=1S/C24H27F2N5O2/c1-4-31(24(32)15(2)3)17-7-10-30(13-17)22-23(33-14-16-5-8-27-9-6-16)29-21-12-19(26)18(25)11-20(21)28-22/h5-6,8-9,11-12,15,17H,4,7,10,13-14H2,1-3H3/t17-/m0/s1. The first-order valence-electron chi connectivity index (χ1n) is 11.1. The Morgan fingerprint density at radius 1 is 1.18 bits per heavy atom. The van der Waals surface area contributed by atoms with Crippen LogP contribution in [0.5, 0.6) is 5.88 Å². The van der Waals surface area contributed by atoms with Gasteiger partial charge in [0.05, 0.1) is 17.1 Å². The van der Waals surface area contributed by atoms with Crippen LogP contribution in [0.2, 0.25) is 0 Å². The second kappa shape index (κ2) is 9.64. The Hall–Kier alpha value is -3.36. The first-order chi connectivity index (χ1) is 15.9. The minimum absolute atomic E-state index is 0.0281. The molecule has 4 rings (SSSR count). The third-order valence-electron chi connectivity index (χ3n) is 5.80. The average molecular weight is 456 g/mol. The molecule has 1 fully saturated rings. The highest BCUT2D eigenvalue weighted by atomic mass is 19.2. The van der Waals surface area contributed by atoms with Crippen molar-refractivity contribution in [2.75, 3.05) is 24.5 Å². The maximum absolute atomic E-state index is 13.9. The predicted octanol–water partition coefficient (Wildman–Crippen LogP) is 3.97. The van der Waals surface area contributed by atoms with Crippen molar-refractivity contribution in [3.05, 3.63) is 53.9 Å². The molecule has 3 aromatic rings. The van der Waals surface area contributed by atoms with Crippen molar-refractivity contribution in [2.45, 2.75) is 39.8 Å². The number of carbonyl (C=O) groups is 1. The van der Waals surface area contributed by atoms with Crippen LogP contribution in [0, 0.1) is 17.6 Å². The molecule has 1 saturated heterocycles. The summed E-state index contributed by atoms with van der Waals surface area (Å²) in [4.78, 5) is 29.6. The molecule has 2 aromatic heterocycles. The van der Waals surface area contributed by atoms with E-state index in [0.29, 0.717) is 25.5 Å². The normalized spacial score (nSPS) is 15.9. The van der Waals surface area contributed by atoms with Crippen molar-refractivity contribution in [2.24, 2.45) is 5.92 Å². The van der Waals surface area contributed by atoms with Crippen molar-refractivity contribution >= 4 is 22.8 Å². The van der Waals surface area contributed by atoms with Gasteiger partial charge >= 0.3 is 0 Å². The number of nitrogens with zero attached hydrogens (tertiary/aromatic N) is 5. The van der Waals surface area contributed by atoms with Gasteiger partial charge in [0.2, 0.25) is 5.91 Å². The van der Waals surface area contributed by atoms with E-state index in [1.807, 2.05) is 42.7 Å². The maximum atomic E-state index is 13.9. The summed E-state index contributed by atoms with van der Waals surface area (Å²) in [5.41, 5.74) is 1.35. The molecule has 0 saturated carbocycles. The van der Waals surface area contributed by atoms with E-state index in [9.17, 15) is 13.6 Å². The van der Waals surface area contributed by atoms with Crippen LogP contribution >= 0.6 is 0 Å². The molecule has 1 atom stereocenters. The molecule has 0 bridgehead atoms. The summed E-state index contributed by atoms with van der Waals surface area (Å²) < 4.78 is 33.7. The topological polar surface area (TPSA) is 71.5 Å². The van der Waals surface area contributed by atoms with Crippen molar-refractivity contribution in [1.29, 1.82) is 0 Å². The van der Waals surface area contributed by atoms with Crippen LogP contribution in [0.25, 0.3) is 11.0 Å². The highest BCUT2D eigenvalue weighted by Gasteiger charge is 2.33. The summed E-state index contributed by atoms with van der Waals surface area (Å²) in [5, 5.41) is 0. The van der Waals surface area contributed by atoms with Crippen LogP contribution in [0.15, 0.2) is 36.7 Å². The van der Waals surface area contributed by atoms with Crippen molar-refractivity contribution < 1.29 is 18.3 Å². The summed E-state index contributed by atoms with van der Waals surface area (Å²) in [6.45, 7) is 7.80. The quantitative estimate of drug-likeness (QED) is 0.537. The van der Waals surface area contributed by atoms with Gasteiger partial charge < -0.3 is 14.5 Å². The summed E-state index contributed by atoms with van der Waals surface area (Å²) >= 11 is 0. The number of carbonyl (C=O) groups excluding carboxylic acids is 1. The Morgan fingerprint density at radius 2 is 1.85 bits per heavy atom. The van der Waals surface area contributed by atoms with Crippen LogP contribution in [-0.4, -0.2) is 51.4 Å². The van der Waals surface area contributed by atoms with Crippen LogP contribution in [-0.2, 0) is 11.4 Å². The number of ether oxygens (including phenoxy) is 1. The maximum Gasteiger partial charge on any atom is 0.258 e. The van der Waals surface area contributed by atoms with E-state index >= 15 is 0 Å². The van der Waals surface area contributed by atoms with Gasteiger partial charge in [0.1, 0.15) is 6.61 Å². The summed E-state index contributed by atoms with van der Waals surface area (Å²) in [6.07, 6.45) is 4.10. The smallest absolute Gasteiger partial charge is 0.258 e. The monoisotopic (exact) mass is 455 g/mol. The lowest BCUT2D eigenvalue weighted by Gasteiger charge is -2.29. The number of benzene rings is 1. The van der Waals surface area contributed by atoms with Crippen LogP contribution in [0.3, 0.4) is 0 Å². The molecule has 0 unspecified atom stereocenters. The van der Waals surface area contributed by atoms with Gasteiger partial charge in [-0.3, -0.25) is 9.78 Å². The number of rotatable bonds is 7. The molecular formula is C24H27F2N5O2. The Labute approximate surface area is 191 Å². The van der Waals surface area contributed by atoms with Crippen LogP contribution in [0.1, 0.15) is 32.8 Å². The molecule has 33 heavy (non-hydrogen) atoms. The Kier molecular flexibility index (Phi) is 6.67. The number of pyridine rings is 1. The molecule has 0 radical (unpaired) electrons.